The maximum atomic E-state index is 10.2. The Balaban J connectivity index is 2.98. The van der Waals surface area contributed by atoms with Gasteiger partial charge in [0, 0.05) is 24.3 Å². The van der Waals surface area contributed by atoms with Gasteiger partial charge in [0.1, 0.15) is 0 Å². The number of carboxylic acid groups (broad SMARTS) is 2. The molecule has 0 saturated carbocycles. The first kappa shape index (κ1) is 15.6. The molecule has 0 unspecified atom stereocenters. The normalized spacial score (nSPS) is 10.2. The summed E-state index contributed by atoms with van der Waals surface area (Å²) in [5.74, 6) is 0.478. The molecule has 0 aromatic rings. The number of carbonyl (C=O) groups is 2. The summed E-state index contributed by atoms with van der Waals surface area (Å²) < 4.78 is 0. The Bertz CT molecular complexity index is 187. The molecule has 0 amide bonds. The van der Waals surface area contributed by atoms with Crippen molar-refractivity contribution in [3.63, 3.8) is 0 Å². The van der Waals surface area contributed by atoms with Crippen molar-refractivity contribution in [2.45, 2.75) is 38.5 Å². The highest BCUT2D eigenvalue weighted by Crippen LogP contribution is 2.24. The minimum atomic E-state index is -0.730. The van der Waals surface area contributed by atoms with Gasteiger partial charge >= 0.3 is 11.9 Å². The van der Waals surface area contributed by atoms with Gasteiger partial charge in [0.25, 0.3) is 0 Å². The summed E-state index contributed by atoms with van der Waals surface area (Å²) in [7, 11) is 3.48. The van der Waals surface area contributed by atoms with Crippen molar-refractivity contribution in [1.82, 2.24) is 0 Å². The molecular weight excluding hydrogens is 248 g/mol. The molecule has 0 aliphatic carbocycles. The summed E-state index contributed by atoms with van der Waals surface area (Å²) in [6, 6.07) is 0. The van der Waals surface area contributed by atoms with Crippen LogP contribution >= 0.6 is 21.6 Å². The van der Waals surface area contributed by atoms with Crippen molar-refractivity contribution < 1.29 is 19.8 Å². The van der Waals surface area contributed by atoms with Crippen molar-refractivity contribution in [2.24, 2.45) is 0 Å². The Labute approximate surface area is 104 Å². The third-order valence-corrected chi connectivity index (χ3v) is 4.40. The number of aliphatic carboxylic acids is 2. The van der Waals surface area contributed by atoms with Gasteiger partial charge in [-0.3, -0.25) is 9.59 Å². The van der Waals surface area contributed by atoms with Crippen LogP contribution in [-0.4, -0.2) is 33.7 Å². The van der Waals surface area contributed by atoms with Crippen LogP contribution in [0.15, 0.2) is 0 Å². The highest BCUT2D eigenvalue weighted by Gasteiger charge is 1.98. The van der Waals surface area contributed by atoms with Gasteiger partial charge in [-0.2, -0.15) is 0 Å². The molecule has 2 N–H and O–H groups in total. The second-order valence-electron chi connectivity index (χ2n) is 3.35. The molecule has 94 valence electrons. The standard InChI is InChI=1S/C10H18O4S2/c11-9(12)5-1-3-7-15-16-8-4-2-6-10(13)14/h1-8H2,(H,11,12)(H,13,14). The third kappa shape index (κ3) is 13.6. The van der Waals surface area contributed by atoms with Crippen molar-refractivity contribution in [2.75, 3.05) is 11.5 Å². The first-order valence-corrected chi connectivity index (χ1v) is 7.79. The van der Waals surface area contributed by atoms with Gasteiger partial charge in [-0.05, 0) is 25.7 Å². The second-order valence-corrected chi connectivity index (χ2v) is 6.05. The lowest BCUT2D eigenvalue weighted by Gasteiger charge is -2.00. The average molecular weight is 266 g/mol. The Kier molecular flexibility index (Phi) is 10.9. The largest absolute Gasteiger partial charge is 0.481 e. The lowest BCUT2D eigenvalue weighted by atomic mass is 10.3. The molecule has 0 radical (unpaired) electrons. The van der Waals surface area contributed by atoms with E-state index in [1.165, 1.54) is 0 Å². The smallest absolute Gasteiger partial charge is 0.303 e. The van der Waals surface area contributed by atoms with E-state index in [1.807, 2.05) is 0 Å². The van der Waals surface area contributed by atoms with Crippen LogP contribution in [0.25, 0.3) is 0 Å². The zero-order valence-corrected chi connectivity index (χ0v) is 10.8. The van der Waals surface area contributed by atoms with Gasteiger partial charge < -0.3 is 10.2 Å². The minimum absolute atomic E-state index is 0.254. The van der Waals surface area contributed by atoms with Crippen LogP contribution in [0.1, 0.15) is 38.5 Å². The Hall–Kier alpha value is -0.360. The van der Waals surface area contributed by atoms with E-state index in [-0.39, 0.29) is 12.8 Å². The lowest BCUT2D eigenvalue weighted by molar-refractivity contribution is -0.138. The molecule has 0 aromatic heterocycles. The van der Waals surface area contributed by atoms with E-state index in [0.717, 1.165) is 37.2 Å². The summed E-state index contributed by atoms with van der Waals surface area (Å²) in [4.78, 5) is 20.4. The predicted octanol–water partition coefficient (Wildman–Crippen LogP) is 2.88. The fraction of sp³-hybridized carbons (Fsp3) is 0.800. The van der Waals surface area contributed by atoms with E-state index < -0.39 is 11.9 Å². The first-order valence-electron chi connectivity index (χ1n) is 5.31. The third-order valence-electron chi connectivity index (χ3n) is 1.82. The maximum absolute atomic E-state index is 10.2. The molecule has 0 heterocycles. The minimum Gasteiger partial charge on any atom is -0.481 e. The van der Waals surface area contributed by atoms with Crippen LogP contribution in [-0.2, 0) is 9.59 Å². The van der Waals surface area contributed by atoms with E-state index in [2.05, 4.69) is 0 Å². The summed E-state index contributed by atoms with van der Waals surface area (Å²) in [5.41, 5.74) is 0. The number of hydrogen-bond donors (Lipinski definition) is 2. The van der Waals surface area contributed by atoms with E-state index in [0.29, 0.717) is 0 Å². The molecule has 0 bridgehead atoms. The van der Waals surface area contributed by atoms with Crippen molar-refractivity contribution in [1.29, 1.82) is 0 Å². The fourth-order valence-corrected chi connectivity index (χ4v) is 3.29. The van der Waals surface area contributed by atoms with Gasteiger partial charge in [-0.15, -0.1) is 0 Å². The summed E-state index contributed by atoms with van der Waals surface area (Å²) in [5, 5.41) is 16.8. The Morgan fingerprint density at radius 1 is 0.750 bits per heavy atom. The zero-order valence-electron chi connectivity index (χ0n) is 9.18. The average Bonchev–Trinajstić information content (AvgIpc) is 2.20. The van der Waals surface area contributed by atoms with Crippen LogP contribution in [0, 0.1) is 0 Å². The van der Waals surface area contributed by atoms with Gasteiger partial charge in [-0.25, -0.2) is 0 Å². The summed E-state index contributed by atoms with van der Waals surface area (Å²) in [6.45, 7) is 0. The lowest BCUT2D eigenvalue weighted by Crippen LogP contribution is -1.94. The zero-order chi connectivity index (χ0) is 12.2. The van der Waals surface area contributed by atoms with Gasteiger partial charge in [0.2, 0.25) is 0 Å². The van der Waals surface area contributed by atoms with Crippen LogP contribution < -0.4 is 0 Å². The first-order chi connectivity index (χ1) is 7.63. The van der Waals surface area contributed by atoms with Crippen LogP contribution in [0.3, 0.4) is 0 Å². The van der Waals surface area contributed by atoms with Crippen molar-refractivity contribution >= 4 is 33.5 Å². The highest BCUT2D eigenvalue weighted by atomic mass is 33.1. The summed E-state index contributed by atoms with van der Waals surface area (Å²) in [6.07, 6.45) is 3.84. The summed E-state index contributed by atoms with van der Waals surface area (Å²) >= 11 is 0. The molecule has 6 heteroatoms. The molecule has 0 aliphatic heterocycles. The monoisotopic (exact) mass is 266 g/mol. The number of hydrogen-bond acceptors (Lipinski definition) is 4. The predicted molar refractivity (Wildman–Crippen MR) is 67.9 cm³/mol. The number of carboxylic acids is 2. The van der Waals surface area contributed by atoms with Crippen LogP contribution in [0.4, 0.5) is 0 Å². The van der Waals surface area contributed by atoms with E-state index in [4.69, 9.17) is 10.2 Å². The number of unbranched alkanes of at least 4 members (excludes halogenated alkanes) is 2. The van der Waals surface area contributed by atoms with Gasteiger partial charge in [-0.1, -0.05) is 21.6 Å². The maximum Gasteiger partial charge on any atom is 0.303 e. The molecule has 0 spiro atoms. The van der Waals surface area contributed by atoms with Crippen molar-refractivity contribution in [3.05, 3.63) is 0 Å². The molecule has 0 atom stereocenters. The highest BCUT2D eigenvalue weighted by molar-refractivity contribution is 8.76. The van der Waals surface area contributed by atoms with E-state index in [9.17, 15) is 9.59 Å². The SMILES string of the molecule is O=C(O)CCCCSSCCCCC(=O)O. The molecule has 0 aliphatic rings. The topological polar surface area (TPSA) is 74.6 Å². The molecule has 0 saturated heterocycles. The Morgan fingerprint density at radius 3 is 1.44 bits per heavy atom. The van der Waals surface area contributed by atoms with E-state index >= 15 is 0 Å². The molecule has 16 heavy (non-hydrogen) atoms. The van der Waals surface area contributed by atoms with Gasteiger partial charge in [0.15, 0.2) is 0 Å². The molecule has 0 aromatic carbocycles. The molecule has 0 fully saturated rings. The fourth-order valence-electron chi connectivity index (χ4n) is 0.992. The van der Waals surface area contributed by atoms with Crippen LogP contribution in [0.2, 0.25) is 0 Å². The molecular formula is C10H18O4S2. The molecule has 0 rings (SSSR count). The quantitative estimate of drug-likeness (QED) is 0.442. The Morgan fingerprint density at radius 2 is 1.12 bits per heavy atom. The van der Waals surface area contributed by atoms with Crippen molar-refractivity contribution in [3.8, 4) is 0 Å². The van der Waals surface area contributed by atoms with Gasteiger partial charge in [0.05, 0.1) is 0 Å². The molecule has 4 nitrogen and oxygen atoms in total. The van der Waals surface area contributed by atoms with Crippen LogP contribution in [0.5, 0.6) is 0 Å². The number of rotatable bonds is 11. The van der Waals surface area contributed by atoms with E-state index in [1.54, 1.807) is 21.6 Å². The second kappa shape index (κ2) is 11.1.